The first-order valence-electron chi connectivity index (χ1n) is 10.9. The third-order valence-electron chi connectivity index (χ3n) is 13.4. The molecule has 1 spiro atoms. The van der Waals surface area contributed by atoms with E-state index in [1.807, 2.05) is 0 Å². The molecular weight excluding hydrogens is 264 g/mol. The molecule has 11 rings (SSSR count). The summed E-state index contributed by atoms with van der Waals surface area (Å²) >= 11 is 0. The maximum absolute atomic E-state index is 1.75. The SMILES string of the molecule is C1C2C3CC4C3C2C1C1CC2C4C3C4C5CCC5C5C1C23C54. The molecule has 11 fully saturated rings. The molecule has 4 bridgehead atoms. The van der Waals surface area contributed by atoms with Gasteiger partial charge in [-0.3, -0.25) is 0 Å². The monoisotopic (exact) mass is 290 g/mol. The lowest BCUT2D eigenvalue weighted by Gasteiger charge is -2.85. The predicted molar refractivity (Wildman–Crippen MR) is 81.4 cm³/mol. The standard InChI is InChI=1S/C22H26/c1-2-7-6(1)17-19-11-5-13-16(20-18(7)21(17)22(13,19)20)12-4-9-8-3-10(11)14(8)15(9)12/h6-21H,1-5H2. The maximum atomic E-state index is 1.75. The second kappa shape index (κ2) is 2.41. The Labute approximate surface area is 132 Å². The van der Waals surface area contributed by atoms with Crippen molar-refractivity contribution in [3.63, 3.8) is 0 Å². The molecule has 0 heteroatoms. The van der Waals surface area contributed by atoms with Gasteiger partial charge in [-0.1, -0.05) is 0 Å². The average molecular weight is 290 g/mol. The second-order valence-corrected chi connectivity index (χ2v) is 12.0. The van der Waals surface area contributed by atoms with Crippen molar-refractivity contribution in [2.24, 2.45) is 100 Å². The minimum absolute atomic E-state index is 1.03. The van der Waals surface area contributed by atoms with Gasteiger partial charge >= 0.3 is 0 Å². The Hall–Kier alpha value is 0. The number of rotatable bonds is 0. The summed E-state index contributed by atoms with van der Waals surface area (Å²) in [7, 11) is 0. The summed E-state index contributed by atoms with van der Waals surface area (Å²) in [6, 6.07) is 0. The van der Waals surface area contributed by atoms with Crippen LogP contribution in [0.5, 0.6) is 0 Å². The first kappa shape index (κ1) is 10.1. The van der Waals surface area contributed by atoms with Crippen LogP contribution in [-0.2, 0) is 0 Å². The van der Waals surface area contributed by atoms with E-state index in [9.17, 15) is 0 Å². The molecule has 17 atom stereocenters. The highest BCUT2D eigenvalue weighted by atomic mass is 15.0. The summed E-state index contributed by atoms with van der Waals surface area (Å²) in [6.45, 7) is 0. The molecule has 114 valence electrons. The van der Waals surface area contributed by atoms with Gasteiger partial charge < -0.3 is 0 Å². The van der Waals surface area contributed by atoms with Crippen LogP contribution >= 0.6 is 0 Å². The molecule has 11 aliphatic rings. The van der Waals surface area contributed by atoms with Gasteiger partial charge in [0.05, 0.1) is 0 Å². The van der Waals surface area contributed by atoms with Gasteiger partial charge in [0, 0.05) is 0 Å². The molecular formula is C22H26. The molecule has 11 aliphatic carbocycles. The zero-order valence-corrected chi connectivity index (χ0v) is 13.3. The lowest BCUT2D eigenvalue weighted by Crippen LogP contribution is -2.82. The zero-order chi connectivity index (χ0) is 13.3. The highest BCUT2D eigenvalue weighted by molar-refractivity contribution is 5.42. The Morgan fingerprint density at radius 1 is 0.455 bits per heavy atom. The highest BCUT2D eigenvalue weighted by Crippen LogP contribution is 3.00. The number of hydrogen-bond donors (Lipinski definition) is 0. The zero-order valence-electron chi connectivity index (χ0n) is 13.3. The van der Waals surface area contributed by atoms with Gasteiger partial charge in [0.1, 0.15) is 0 Å². The van der Waals surface area contributed by atoms with Gasteiger partial charge in [-0.05, 0) is 132 Å². The summed E-state index contributed by atoms with van der Waals surface area (Å²) in [6.07, 6.45) is 8.51. The Kier molecular flexibility index (Phi) is 1.11. The third-order valence-corrected chi connectivity index (χ3v) is 13.4. The molecule has 17 unspecified atom stereocenters. The minimum Gasteiger partial charge on any atom is -0.0496 e. The quantitative estimate of drug-likeness (QED) is 0.634. The van der Waals surface area contributed by atoms with Crippen molar-refractivity contribution in [2.45, 2.75) is 32.1 Å². The van der Waals surface area contributed by atoms with Crippen LogP contribution in [0.1, 0.15) is 32.1 Å². The Morgan fingerprint density at radius 2 is 1.09 bits per heavy atom. The van der Waals surface area contributed by atoms with Gasteiger partial charge in [0.2, 0.25) is 0 Å². The summed E-state index contributed by atoms with van der Waals surface area (Å²) in [5, 5.41) is 0. The average Bonchev–Trinajstić information content (AvgIpc) is 2.77. The van der Waals surface area contributed by atoms with Crippen molar-refractivity contribution in [3.05, 3.63) is 0 Å². The molecule has 0 aromatic rings. The lowest BCUT2D eigenvalue weighted by atomic mass is 9.19. The molecule has 0 heterocycles. The number of hydrogen-bond acceptors (Lipinski definition) is 0. The fourth-order valence-electron chi connectivity index (χ4n) is 13.6. The predicted octanol–water partition coefficient (Wildman–Crippen LogP) is 3.92. The van der Waals surface area contributed by atoms with E-state index in [2.05, 4.69) is 0 Å². The van der Waals surface area contributed by atoms with Crippen LogP contribution in [0, 0.1) is 100 Å². The lowest BCUT2D eigenvalue weighted by molar-refractivity contribution is -0.389. The second-order valence-electron chi connectivity index (χ2n) is 12.0. The topological polar surface area (TPSA) is 0 Å². The van der Waals surface area contributed by atoms with Gasteiger partial charge in [-0.25, -0.2) is 0 Å². The summed E-state index contributed by atoms with van der Waals surface area (Å²) in [5.74, 6) is 20.5. The van der Waals surface area contributed by atoms with E-state index in [0.717, 1.165) is 5.41 Å². The van der Waals surface area contributed by atoms with E-state index in [-0.39, 0.29) is 0 Å². The van der Waals surface area contributed by atoms with E-state index >= 15 is 0 Å². The third kappa shape index (κ3) is 0.565. The van der Waals surface area contributed by atoms with Crippen molar-refractivity contribution in [1.82, 2.24) is 0 Å². The molecule has 0 aliphatic heterocycles. The minimum atomic E-state index is 1.03. The molecule has 0 saturated heterocycles. The van der Waals surface area contributed by atoms with Crippen LogP contribution in [0.2, 0.25) is 0 Å². The van der Waals surface area contributed by atoms with Crippen molar-refractivity contribution in [2.75, 3.05) is 0 Å². The van der Waals surface area contributed by atoms with E-state index in [1.54, 1.807) is 32.1 Å². The molecule has 0 radical (unpaired) electrons. The summed E-state index contributed by atoms with van der Waals surface area (Å²) in [5.41, 5.74) is 1.03. The van der Waals surface area contributed by atoms with E-state index in [4.69, 9.17) is 0 Å². The fourth-order valence-corrected chi connectivity index (χ4v) is 13.6. The van der Waals surface area contributed by atoms with Crippen LogP contribution in [-0.4, -0.2) is 0 Å². The number of fused-ring (bicyclic) bond motifs is 4. The molecule has 0 nitrogen and oxygen atoms in total. The Balaban J connectivity index is 1.25. The Bertz CT molecular complexity index is 674. The van der Waals surface area contributed by atoms with E-state index in [0.29, 0.717) is 0 Å². The smallest absolute Gasteiger partial charge is 0.0164 e. The van der Waals surface area contributed by atoms with Crippen LogP contribution in [0.4, 0.5) is 0 Å². The van der Waals surface area contributed by atoms with Crippen molar-refractivity contribution >= 4 is 0 Å². The molecule has 0 aromatic carbocycles. The van der Waals surface area contributed by atoms with Gasteiger partial charge in [-0.2, -0.15) is 0 Å². The highest BCUT2D eigenvalue weighted by Gasteiger charge is 2.96. The van der Waals surface area contributed by atoms with Crippen LogP contribution in [0.15, 0.2) is 0 Å². The maximum Gasteiger partial charge on any atom is -0.0164 e. The van der Waals surface area contributed by atoms with Crippen molar-refractivity contribution in [1.29, 1.82) is 0 Å². The molecule has 0 amide bonds. The summed E-state index contributed by atoms with van der Waals surface area (Å²) in [4.78, 5) is 0. The Morgan fingerprint density at radius 3 is 1.91 bits per heavy atom. The normalized spacial score (nSPS) is 92.7. The fraction of sp³-hybridized carbons (Fsp3) is 1.00. The van der Waals surface area contributed by atoms with Crippen molar-refractivity contribution < 1.29 is 0 Å². The van der Waals surface area contributed by atoms with Gasteiger partial charge in [0.25, 0.3) is 0 Å². The van der Waals surface area contributed by atoms with Crippen LogP contribution in [0.3, 0.4) is 0 Å². The molecule has 0 aromatic heterocycles. The first-order chi connectivity index (χ1) is 10.9. The first-order valence-corrected chi connectivity index (χ1v) is 10.9. The molecule has 0 N–H and O–H groups in total. The van der Waals surface area contributed by atoms with Crippen molar-refractivity contribution in [3.8, 4) is 0 Å². The molecule has 22 heavy (non-hydrogen) atoms. The summed E-state index contributed by atoms with van der Waals surface area (Å²) < 4.78 is 0. The van der Waals surface area contributed by atoms with Crippen LogP contribution in [0.25, 0.3) is 0 Å². The van der Waals surface area contributed by atoms with E-state index in [1.165, 1.54) is 94.7 Å². The van der Waals surface area contributed by atoms with Gasteiger partial charge in [0.15, 0.2) is 0 Å². The van der Waals surface area contributed by atoms with Gasteiger partial charge in [-0.15, -0.1) is 0 Å². The van der Waals surface area contributed by atoms with E-state index < -0.39 is 0 Å². The molecule has 11 saturated carbocycles. The largest absolute Gasteiger partial charge is 0.0496 e. The van der Waals surface area contributed by atoms with Crippen LogP contribution < -0.4 is 0 Å².